The van der Waals surface area contributed by atoms with Gasteiger partial charge in [0, 0.05) is 0 Å². The predicted molar refractivity (Wildman–Crippen MR) is 43.0 cm³/mol. The van der Waals surface area contributed by atoms with Crippen molar-refractivity contribution in [3.05, 3.63) is 0 Å². The van der Waals surface area contributed by atoms with Crippen LogP contribution in [-0.2, 0) is 4.74 Å². The van der Waals surface area contributed by atoms with Gasteiger partial charge in [-0.3, -0.25) is 0 Å². The number of rotatable bonds is 4. The van der Waals surface area contributed by atoms with Crippen LogP contribution in [0.25, 0.3) is 0 Å². The minimum Gasteiger partial charge on any atom is -0.370 e. The Morgan fingerprint density at radius 1 is 1.60 bits per heavy atom. The molecule has 0 aromatic heterocycles. The van der Waals surface area contributed by atoms with E-state index in [1.165, 1.54) is 19.3 Å². The third-order valence-corrected chi connectivity index (χ3v) is 2.20. The summed E-state index contributed by atoms with van der Waals surface area (Å²) in [5.41, 5.74) is 0.272. The molecule has 1 heteroatoms. The Balaban J connectivity index is 2.11. The molecular weight excluding hydrogens is 124 g/mol. The summed E-state index contributed by atoms with van der Waals surface area (Å²) in [6.07, 6.45) is 3.90. The fourth-order valence-electron chi connectivity index (χ4n) is 1.57. The fraction of sp³-hybridized carbons (Fsp3) is 1.00. The van der Waals surface area contributed by atoms with E-state index in [2.05, 4.69) is 20.8 Å². The summed E-state index contributed by atoms with van der Waals surface area (Å²) in [4.78, 5) is 0. The first-order chi connectivity index (χ1) is 4.66. The van der Waals surface area contributed by atoms with Crippen LogP contribution < -0.4 is 0 Å². The number of hydrogen-bond acceptors (Lipinski definition) is 1. The molecule has 0 N–H and O–H groups in total. The van der Waals surface area contributed by atoms with Gasteiger partial charge in [0.1, 0.15) is 0 Å². The van der Waals surface area contributed by atoms with Crippen molar-refractivity contribution in [3.8, 4) is 0 Å². The van der Waals surface area contributed by atoms with Crippen LogP contribution in [0.1, 0.15) is 40.0 Å². The highest BCUT2D eigenvalue weighted by molar-refractivity contribution is 4.87. The molecule has 0 unspecified atom stereocenters. The molecule has 10 heavy (non-hydrogen) atoms. The summed E-state index contributed by atoms with van der Waals surface area (Å²) in [5, 5.41) is 0. The topological polar surface area (TPSA) is 12.5 Å². The monoisotopic (exact) mass is 142 g/mol. The van der Waals surface area contributed by atoms with Crippen LogP contribution in [0.15, 0.2) is 0 Å². The fourth-order valence-corrected chi connectivity index (χ4v) is 1.57. The highest BCUT2D eigenvalue weighted by Gasteiger charge is 2.39. The normalized spacial score (nSPS) is 33.9. The molecule has 1 nitrogen and oxygen atoms in total. The maximum Gasteiger partial charge on any atom is 0.0891 e. The second-order valence-corrected chi connectivity index (χ2v) is 3.84. The van der Waals surface area contributed by atoms with Crippen molar-refractivity contribution in [2.45, 2.75) is 45.6 Å². The van der Waals surface area contributed by atoms with Gasteiger partial charge < -0.3 is 4.74 Å². The first-order valence-electron chi connectivity index (χ1n) is 4.30. The van der Waals surface area contributed by atoms with E-state index in [0.717, 1.165) is 12.5 Å². The van der Waals surface area contributed by atoms with E-state index in [-0.39, 0.29) is 5.60 Å². The molecule has 0 radical (unpaired) electrons. The summed E-state index contributed by atoms with van der Waals surface area (Å²) in [6, 6.07) is 0. The third kappa shape index (κ3) is 2.30. The van der Waals surface area contributed by atoms with Crippen molar-refractivity contribution in [1.29, 1.82) is 0 Å². The van der Waals surface area contributed by atoms with Crippen molar-refractivity contribution in [2.75, 3.05) is 6.61 Å². The van der Waals surface area contributed by atoms with E-state index in [0.29, 0.717) is 0 Å². The highest BCUT2D eigenvalue weighted by atomic mass is 16.6. The van der Waals surface area contributed by atoms with Crippen LogP contribution in [0, 0.1) is 5.92 Å². The van der Waals surface area contributed by atoms with Gasteiger partial charge in [-0.2, -0.15) is 0 Å². The Kier molecular flexibility index (Phi) is 2.35. The molecule has 0 aliphatic carbocycles. The van der Waals surface area contributed by atoms with Crippen molar-refractivity contribution in [1.82, 2.24) is 0 Å². The SMILES string of the molecule is CCC[C@H](C)C[C@]1(C)CO1. The molecule has 0 bridgehead atoms. The van der Waals surface area contributed by atoms with Gasteiger partial charge in [0.25, 0.3) is 0 Å². The zero-order valence-electron chi connectivity index (χ0n) is 7.31. The average molecular weight is 142 g/mol. The molecule has 1 aliphatic heterocycles. The van der Waals surface area contributed by atoms with Gasteiger partial charge in [-0.1, -0.05) is 26.7 Å². The molecule has 1 saturated heterocycles. The van der Waals surface area contributed by atoms with Gasteiger partial charge in [0.15, 0.2) is 0 Å². The summed E-state index contributed by atoms with van der Waals surface area (Å²) in [5.74, 6) is 0.845. The smallest absolute Gasteiger partial charge is 0.0891 e. The van der Waals surface area contributed by atoms with Crippen molar-refractivity contribution >= 4 is 0 Å². The van der Waals surface area contributed by atoms with E-state index < -0.39 is 0 Å². The Morgan fingerprint density at radius 3 is 2.60 bits per heavy atom. The first kappa shape index (κ1) is 8.06. The van der Waals surface area contributed by atoms with Gasteiger partial charge in [-0.05, 0) is 19.3 Å². The van der Waals surface area contributed by atoms with Gasteiger partial charge in [0.2, 0.25) is 0 Å². The van der Waals surface area contributed by atoms with E-state index in [1.807, 2.05) is 0 Å². The number of epoxide rings is 1. The minimum absolute atomic E-state index is 0.272. The maximum atomic E-state index is 5.31. The maximum absolute atomic E-state index is 5.31. The number of hydrogen-bond donors (Lipinski definition) is 0. The second-order valence-electron chi connectivity index (χ2n) is 3.84. The summed E-state index contributed by atoms with van der Waals surface area (Å²) in [7, 11) is 0. The molecular formula is C9H18O. The first-order valence-corrected chi connectivity index (χ1v) is 4.30. The van der Waals surface area contributed by atoms with Crippen LogP contribution in [-0.4, -0.2) is 12.2 Å². The lowest BCUT2D eigenvalue weighted by atomic mass is 9.94. The molecule has 1 heterocycles. The van der Waals surface area contributed by atoms with Gasteiger partial charge in [-0.25, -0.2) is 0 Å². The molecule has 2 atom stereocenters. The standard InChI is InChI=1S/C9H18O/c1-4-5-8(2)6-9(3)7-10-9/h8H,4-7H2,1-3H3/t8-,9+/m0/s1. The van der Waals surface area contributed by atoms with Crippen LogP contribution in [0.2, 0.25) is 0 Å². The molecule has 0 aromatic carbocycles. The van der Waals surface area contributed by atoms with Crippen molar-refractivity contribution < 1.29 is 4.74 Å². The molecule has 1 rings (SSSR count). The Labute approximate surface area is 63.8 Å². The predicted octanol–water partition coefficient (Wildman–Crippen LogP) is 2.60. The quantitative estimate of drug-likeness (QED) is 0.550. The number of ether oxygens (including phenoxy) is 1. The van der Waals surface area contributed by atoms with Crippen LogP contribution in [0.4, 0.5) is 0 Å². The van der Waals surface area contributed by atoms with Crippen LogP contribution in [0.3, 0.4) is 0 Å². The highest BCUT2D eigenvalue weighted by Crippen LogP contribution is 2.34. The Hall–Kier alpha value is -0.0400. The largest absolute Gasteiger partial charge is 0.370 e. The Morgan fingerprint density at radius 2 is 2.20 bits per heavy atom. The molecule has 1 fully saturated rings. The summed E-state index contributed by atoms with van der Waals surface area (Å²) in [6.45, 7) is 7.75. The van der Waals surface area contributed by atoms with Crippen molar-refractivity contribution in [2.24, 2.45) is 5.92 Å². The van der Waals surface area contributed by atoms with Gasteiger partial charge in [0.05, 0.1) is 12.2 Å². The lowest BCUT2D eigenvalue weighted by Crippen LogP contribution is -2.10. The average Bonchev–Trinajstić information content (AvgIpc) is 2.48. The molecule has 0 aromatic rings. The van der Waals surface area contributed by atoms with Crippen LogP contribution in [0.5, 0.6) is 0 Å². The van der Waals surface area contributed by atoms with Gasteiger partial charge >= 0.3 is 0 Å². The zero-order chi connectivity index (χ0) is 7.61. The van der Waals surface area contributed by atoms with Gasteiger partial charge in [-0.15, -0.1) is 0 Å². The minimum atomic E-state index is 0.272. The summed E-state index contributed by atoms with van der Waals surface area (Å²) < 4.78 is 5.31. The van der Waals surface area contributed by atoms with E-state index in [4.69, 9.17) is 4.74 Å². The van der Waals surface area contributed by atoms with Crippen LogP contribution >= 0.6 is 0 Å². The lowest BCUT2D eigenvalue weighted by Gasteiger charge is -2.11. The Bertz CT molecular complexity index is 105. The summed E-state index contributed by atoms with van der Waals surface area (Å²) >= 11 is 0. The van der Waals surface area contributed by atoms with E-state index >= 15 is 0 Å². The molecule has 60 valence electrons. The molecule has 0 amide bonds. The second kappa shape index (κ2) is 2.91. The lowest BCUT2D eigenvalue weighted by molar-refractivity contribution is 0.271. The van der Waals surface area contributed by atoms with E-state index in [9.17, 15) is 0 Å². The zero-order valence-corrected chi connectivity index (χ0v) is 7.31. The molecule has 1 aliphatic rings. The third-order valence-electron chi connectivity index (χ3n) is 2.20. The molecule has 0 saturated carbocycles. The molecule has 0 spiro atoms. The van der Waals surface area contributed by atoms with Crippen molar-refractivity contribution in [3.63, 3.8) is 0 Å². The van der Waals surface area contributed by atoms with E-state index in [1.54, 1.807) is 0 Å².